The van der Waals surface area contributed by atoms with Crippen LogP contribution >= 0.6 is 0 Å². The highest BCUT2D eigenvalue weighted by atomic mass is 19.2. The Hall–Kier alpha value is -2.83. The number of hydrogen-bond donors (Lipinski definition) is 0. The largest absolute Gasteiger partial charge is 0.491 e. The summed E-state index contributed by atoms with van der Waals surface area (Å²) in [4.78, 5) is 0. The molecule has 0 amide bonds. The topological polar surface area (TPSA) is 27.7 Å². The van der Waals surface area contributed by atoms with Crippen molar-refractivity contribution >= 4 is 0 Å². The van der Waals surface area contributed by atoms with E-state index in [1.54, 1.807) is 37.3 Å². The van der Waals surface area contributed by atoms with Gasteiger partial charge in [-0.3, -0.25) is 0 Å². The van der Waals surface area contributed by atoms with Crippen LogP contribution in [0.15, 0.2) is 54.6 Å². The lowest BCUT2D eigenvalue weighted by atomic mass is 9.98. The Bertz CT molecular complexity index is 1090. The molecule has 2 unspecified atom stereocenters. The van der Waals surface area contributed by atoms with E-state index in [1.165, 1.54) is 18.2 Å². The van der Waals surface area contributed by atoms with Crippen LogP contribution in [0, 0.1) is 23.4 Å². The van der Waals surface area contributed by atoms with Crippen molar-refractivity contribution < 1.29 is 27.4 Å². The summed E-state index contributed by atoms with van der Waals surface area (Å²) in [6.45, 7) is 5.05. The smallest absolute Gasteiger partial charge is 0.201 e. The van der Waals surface area contributed by atoms with E-state index in [2.05, 4.69) is 6.92 Å². The predicted molar refractivity (Wildman–Crippen MR) is 121 cm³/mol. The average Bonchev–Trinajstić information content (AvgIpc) is 2.82. The predicted octanol–water partition coefficient (Wildman–Crippen LogP) is 7.13. The molecule has 1 aliphatic rings. The monoisotopic (exact) mass is 456 g/mol. The highest BCUT2D eigenvalue weighted by molar-refractivity contribution is 5.71. The fourth-order valence-corrected chi connectivity index (χ4v) is 3.91. The Labute approximate surface area is 192 Å². The van der Waals surface area contributed by atoms with Gasteiger partial charge >= 0.3 is 0 Å². The van der Waals surface area contributed by atoms with E-state index >= 15 is 0 Å². The first-order valence-corrected chi connectivity index (χ1v) is 11.2. The van der Waals surface area contributed by atoms with Crippen LogP contribution in [0.5, 0.6) is 5.75 Å². The maximum atomic E-state index is 14.8. The third-order valence-electron chi connectivity index (χ3n) is 5.78. The van der Waals surface area contributed by atoms with Crippen molar-refractivity contribution in [3.8, 4) is 28.0 Å². The van der Waals surface area contributed by atoms with Gasteiger partial charge in [-0.1, -0.05) is 43.3 Å². The number of halogens is 3. The molecule has 174 valence electrons. The highest BCUT2D eigenvalue weighted by Gasteiger charge is 2.19. The molecule has 0 radical (unpaired) electrons. The molecule has 0 aromatic heterocycles. The number of rotatable bonds is 7. The third kappa shape index (κ3) is 5.40. The fraction of sp³-hybridized carbons (Fsp3) is 0.333. The van der Waals surface area contributed by atoms with E-state index in [0.29, 0.717) is 29.2 Å². The first kappa shape index (κ1) is 23.3. The van der Waals surface area contributed by atoms with Gasteiger partial charge in [0, 0.05) is 11.1 Å². The van der Waals surface area contributed by atoms with Gasteiger partial charge in [-0.2, -0.15) is 4.39 Å². The van der Waals surface area contributed by atoms with E-state index in [1.807, 2.05) is 6.07 Å². The van der Waals surface area contributed by atoms with Gasteiger partial charge in [0.2, 0.25) is 5.82 Å². The lowest BCUT2D eigenvalue weighted by Crippen LogP contribution is -2.26. The number of benzene rings is 3. The first-order chi connectivity index (χ1) is 16.0. The van der Waals surface area contributed by atoms with Crippen LogP contribution in [0.25, 0.3) is 22.3 Å². The second kappa shape index (κ2) is 10.4. The lowest BCUT2D eigenvalue weighted by Gasteiger charge is -2.26. The summed E-state index contributed by atoms with van der Waals surface area (Å²) in [5, 5.41) is 0. The van der Waals surface area contributed by atoms with Crippen molar-refractivity contribution in [3.63, 3.8) is 0 Å². The summed E-state index contributed by atoms with van der Waals surface area (Å²) in [6.07, 6.45) is 1.65. The molecule has 1 aliphatic heterocycles. The van der Waals surface area contributed by atoms with Crippen molar-refractivity contribution in [2.75, 3.05) is 13.2 Å². The van der Waals surface area contributed by atoms with Crippen molar-refractivity contribution in [1.82, 2.24) is 0 Å². The Morgan fingerprint density at radius 2 is 1.58 bits per heavy atom. The quantitative estimate of drug-likeness (QED) is 0.379. The molecular weight excluding hydrogens is 429 g/mol. The van der Waals surface area contributed by atoms with E-state index in [9.17, 15) is 13.2 Å². The zero-order valence-electron chi connectivity index (χ0n) is 18.7. The Morgan fingerprint density at radius 1 is 0.879 bits per heavy atom. The molecule has 2 atom stereocenters. The molecule has 0 bridgehead atoms. The molecule has 0 N–H and O–H groups in total. The van der Waals surface area contributed by atoms with Crippen LogP contribution in [-0.2, 0) is 16.1 Å². The van der Waals surface area contributed by atoms with Gasteiger partial charge in [-0.25, -0.2) is 8.78 Å². The number of ether oxygens (including phenoxy) is 3. The van der Waals surface area contributed by atoms with E-state index in [-0.39, 0.29) is 36.6 Å². The number of hydrogen-bond acceptors (Lipinski definition) is 3. The molecular formula is C27H27F3O3. The second-order valence-electron chi connectivity index (χ2n) is 8.32. The molecule has 3 aromatic rings. The van der Waals surface area contributed by atoms with Crippen LogP contribution in [0.1, 0.15) is 32.3 Å². The summed E-state index contributed by atoms with van der Waals surface area (Å²) in [5.74, 6) is -1.94. The molecule has 1 saturated heterocycles. The summed E-state index contributed by atoms with van der Waals surface area (Å²) in [7, 11) is 0. The van der Waals surface area contributed by atoms with Gasteiger partial charge in [-0.15, -0.1) is 0 Å². The molecule has 6 heteroatoms. The van der Waals surface area contributed by atoms with Crippen molar-refractivity contribution in [2.45, 2.75) is 39.6 Å². The van der Waals surface area contributed by atoms with Crippen LogP contribution < -0.4 is 4.74 Å². The second-order valence-corrected chi connectivity index (χ2v) is 8.32. The molecule has 1 heterocycles. The summed E-state index contributed by atoms with van der Waals surface area (Å²) >= 11 is 0. The van der Waals surface area contributed by atoms with Gasteiger partial charge in [0.1, 0.15) is 5.82 Å². The summed E-state index contributed by atoms with van der Waals surface area (Å²) in [6, 6.07) is 14.5. The van der Waals surface area contributed by atoms with Crippen LogP contribution in [-0.4, -0.2) is 19.5 Å². The molecule has 33 heavy (non-hydrogen) atoms. The van der Waals surface area contributed by atoms with E-state index in [0.717, 1.165) is 18.4 Å². The SMILES string of the molecule is CCOc1ccc(-c2ccc(-c3ccc(COC4CCC(C)CO4)cc3F)cc2)c(F)c1F. The third-order valence-corrected chi connectivity index (χ3v) is 5.78. The molecule has 3 aromatic carbocycles. The van der Waals surface area contributed by atoms with E-state index in [4.69, 9.17) is 14.2 Å². The standard InChI is InChI=1S/C27H27F3O3/c1-3-31-24-12-11-22(26(29)27(24)30)20-8-6-19(7-9-20)21-10-5-18(14-23(21)28)16-33-25-13-4-17(2)15-32-25/h5-12,14,17,25H,3-4,13,15-16H2,1-2H3. The minimum Gasteiger partial charge on any atom is -0.491 e. The normalized spacial score (nSPS) is 18.3. The molecule has 4 rings (SSSR count). The molecule has 1 fully saturated rings. The zero-order chi connectivity index (χ0) is 23.4. The molecule has 0 spiro atoms. The Morgan fingerprint density at radius 3 is 2.21 bits per heavy atom. The van der Waals surface area contributed by atoms with Gasteiger partial charge in [0.15, 0.2) is 17.9 Å². The minimum absolute atomic E-state index is 0.119. The van der Waals surface area contributed by atoms with Gasteiger partial charge < -0.3 is 14.2 Å². The van der Waals surface area contributed by atoms with Gasteiger partial charge in [-0.05, 0) is 60.6 Å². The highest BCUT2D eigenvalue weighted by Crippen LogP contribution is 2.32. The Kier molecular flexibility index (Phi) is 7.36. The van der Waals surface area contributed by atoms with Crippen LogP contribution in [0.2, 0.25) is 0 Å². The van der Waals surface area contributed by atoms with E-state index < -0.39 is 11.6 Å². The lowest BCUT2D eigenvalue weighted by molar-refractivity contribution is -0.179. The molecule has 0 saturated carbocycles. The first-order valence-electron chi connectivity index (χ1n) is 11.2. The maximum Gasteiger partial charge on any atom is 0.201 e. The van der Waals surface area contributed by atoms with Gasteiger partial charge in [0.05, 0.1) is 19.8 Å². The van der Waals surface area contributed by atoms with Gasteiger partial charge in [0.25, 0.3) is 0 Å². The Balaban J connectivity index is 1.46. The maximum absolute atomic E-state index is 14.8. The zero-order valence-corrected chi connectivity index (χ0v) is 18.7. The molecule has 0 aliphatic carbocycles. The summed E-state index contributed by atoms with van der Waals surface area (Å²) in [5.41, 5.74) is 2.40. The van der Waals surface area contributed by atoms with Crippen molar-refractivity contribution in [2.24, 2.45) is 5.92 Å². The van der Waals surface area contributed by atoms with Crippen molar-refractivity contribution in [3.05, 3.63) is 77.6 Å². The van der Waals surface area contributed by atoms with Crippen LogP contribution in [0.3, 0.4) is 0 Å². The summed E-state index contributed by atoms with van der Waals surface area (Å²) < 4.78 is 60.0. The average molecular weight is 457 g/mol. The van der Waals surface area contributed by atoms with Crippen molar-refractivity contribution in [1.29, 1.82) is 0 Å². The fourth-order valence-electron chi connectivity index (χ4n) is 3.91. The van der Waals surface area contributed by atoms with Crippen LogP contribution in [0.4, 0.5) is 13.2 Å². The molecule has 3 nitrogen and oxygen atoms in total. The minimum atomic E-state index is -1.02.